The number of rotatable bonds is 3. The van der Waals surface area contributed by atoms with Crippen LogP contribution < -0.4 is 5.73 Å². The highest BCUT2D eigenvalue weighted by molar-refractivity contribution is 4.99. The first-order chi connectivity index (χ1) is 7.27. The summed E-state index contributed by atoms with van der Waals surface area (Å²) >= 11 is 0. The molecule has 84 valence electrons. The molecular weight excluding hydrogens is 188 g/mol. The molecule has 2 rings (SSSR count). The van der Waals surface area contributed by atoms with Gasteiger partial charge in [-0.3, -0.25) is 4.90 Å². The highest BCUT2D eigenvalue weighted by Gasteiger charge is 2.25. The average Bonchev–Trinajstić information content (AvgIpc) is 2.71. The van der Waals surface area contributed by atoms with Crippen LogP contribution in [0.5, 0.6) is 0 Å². The zero-order chi connectivity index (χ0) is 10.7. The maximum Gasteiger partial charge on any atom is 0.117 e. The second-order valence-corrected chi connectivity index (χ2v) is 4.51. The van der Waals surface area contributed by atoms with Gasteiger partial charge in [-0.15, -0.1) is 0 Å². The summed E-state index contributed by atoms with van der Waals surface area (Å²) in [7, 11) is 2.14. The van der Waals surface area contributed by atoms with Crippen LogP contribution >= 0.6 is 0 Å². The molecule has 1 aliphatic rings. The lowest BCUT2D eigenvalue weighted by Gasteiger charge is -2.35. The molecule has 0 unspecified atom stereocenters. The Labute approximate surface area is 91.2 Å². The van der Waals surface area contributed by atoms with Crippen LogP contribution in [-0.2, 0) is 6.54 Å². The largest absolute Gasteiger partial charge is 0.468 e. The number of hydrogen-bond acceptors (Lipinski definition) is 3. The molecule has 0 spiro atoms. The normalized spacial score (nSPS) is 27.1. The molecule has 0 saturated heterocycles. The van der Waals surface area contributed by atoms with Gasteiger partial charge in [-0.05, 0) is 32.0 Å². The number of hydrogen-bond donors (Lipinski definition) is 1. The van der Waals surface area contributed by atoms with Gasteiger partial charge < -0.3 is 10.2 Å². The van der Waals surface area contributed by atoms with Gasteiger partial charge in [0.05, 0.1) is 12.8 Å². The van der Waals surface area contributed by atoms with Gasteiger partial charge in [-0.25, -0.2) is 0 Å². The van der Waals surface area contributed by atoms with Gasteiger partial charge in [0, 0.05) is 12.1 Å². The van der Waals surface area contributed by atoms with Gasteiger partial charge in [0.1, 0.15) is 5.76 Å². The molecule has 2 atom stereocenters. The van der Waals surface area contributed by atoms with Crippen LogP contribution in [0.1, 0.15) is 31.4 Å². The zero-order valence-electron chi connectivity index (χ0n) is 9.36. The van der Waals surface area contributed by atoms with E-state index in [0.717, 1.165) is 18.7 Å². The van der Waals surface area contributed by atoms with E-state index >= 15 is 0 Å². The maximum atomic E-state index is 6.14. The second-order valence-electron chi connectivity index (χ2n) is 4.51. The highest BCUT2D eigenvalue weighted by Crippen LogP contribution is 2.22. The predicted octanol–water partition coefficient (Wildman–Crippen LogP) is 1.98. The van der Waals surface area contributed by atoms with Gasteiger partial charge in [0.15, 0.2) is 0 Å². The molecule has 1 aliphatic carbocycles. The minimum atomic E-state index is 0.332. The summed E-state index contributed by atoms with van der Waals surface area (Å²) in [5.41, 5.74) is 6.14. The Morgan fingerprint density at radius 3 is 2.93 bits per heavy atom. The lowest BCUT2D eigenvalue weighted by Crippen LogP contribution is -2.47. The molecule has 3 heteroatoms. The molecule has 1 aromatic rings. The average molecular weight is 208 g/mol. The summed E-state index contributed by atoms with van der Waals surface area (Å²) in [6, 6.07) is 4.80. The minimum absolute atomic E-state index is 0.332. The summed E-state index contributed by atoms with van der Waals surface area (Å²) in [5.74, 6) is 1.02. The molecule has 1 fully saturated rings. The van der Waals surface area contributed by atoms with Crippen LogP contribution in [0.4, 0.5) is 0 Å². The Morgan fingerprint density at radius 1 is 1.47 bits per heavy atom. The van der Waals surface area contributed by atoms with Crippen molar-refractivity contribution in [3.63, 3.8) is 0 Å². The number of nitrogens with two attached hydrogens (primary N) is 1. The fraction of sp³-hybridized carbons (Fsp3) is 0.667. The molecule has 0 amide bonds. The van der Waals surface area contributed by atoms with Crippen molar-refractivity contribution in [3.05, 3.63) is 24.2 Å². The molecule has 0 radical (unpaired) electrons. The Bertz CT molecular complexity index is 284. The van der Waals surface area contributed by atoms with E-state index in [9.17, 15) is 0 Å². The van der Waals surface area contributed by atoms with Crippen molar-refractivity contribution >= 4 is 0 Å². The Kier molecular flexibility index (Phi) is 3.44. The summed E-state index contributed by atoms with van der Waals surface area (Å²) in [4.78, 5) is 2.32. The van der Waals surface area contributed by atoms with Crippen LogP contribution in [0.15, 0.2) is 22.8 Å². The van der Waals surface area contributed by atoms with E-state index in [1.165, 1.54) is 19.3 Å². The van der Waals surface area contributed by atoms with E-state index in [2.05, 4.69) is 11.9 Å². The summed E-state index contributed by atoms with van der Waals surface area (Å²) in [5, 5.41) is 0. The third-order valence-electron chi connectivity index (χ3n) is 3.33. The molecule has 15 heavy (non-hydrogen) atoms. The van der Waals surface area contributed by atoms with Gasteiger partial charge in [0.2, 0.25) is 0 Å². The monoisotopic (exact) mass is 208 g/mol. The smallest absolute Gasteiger partial charge is 0.117 e. The van der Waals surface area contributed by atoms with Crippen molar-refractivity contribution in [1.82, 2.24) is 4.90 Å². The van der Waals surface area contributed by atoms with Gasteiger partial charge in [-0.1, -0.05) is 12.8 Å². The van der Waals surface area contributed by atoms with Crippen molar-refractivity contribution in [2.75, 3.05) is 7.05 Å². The van der Waals surface area contributed by atoms with Crippen molar-refractivity contribution in [2.45, 2.75) is 44.3 Å². The van der Waals surface area contributed by atoms with Crippen LogP contribution in [0.2, 0.25) is 0 Å². The Balaban J connectivity index is 1.91. The van der Waals surface area contributed by atoms with E-state index in [1.807, 2.05) is 12.1 Å². The first-order valence-corrected chi connectivity index (χ1v) is 5.75. The SMILES string of the molecule is CN(Cc1ccco1)[C@@H]1CCCC[C@H]1N. The van der Waals surface area contributed by atoms with Crippen LogP contribution in [-0.4, -0.2) is 24.0 Å². The standard InChI is InChI=1S/C12H20N2O/c1-14(9-10-5-4-8-15-10)12-7-3-2-6-11(12)13/h4-5,8,11-12H,2-3,6-7,9,13H2,1H3/t11-,12-/m1/s1. The zero-order valence-corrected chi connectivity index (χ0v) is 9.36. The maximum absolute atomic E-state index is 6.14. The molecule has 3 nitrogen and oxygen atoms in total. The molecule has 2 N–H and O–H groups in total. The van der Waals surface area contributed by atoms with Crippen LogP contribution in [0.25, 0.3) is 0 Å². The molecule has 1 saturated carbocycles. The summed E-state index contributed by atoms with van der Waals surface area (Å²) in [6.07, 6.45) is 6.70. The molecular formula is C12H20N2O. The fourth-order valence-electron chi connectivity index (χ4n) is 2.45. The van der Waals surface area contributed by atoms with Crippen LogP contribution in [0, 0.1) is 0 Å². The van der Waals surface area contributed by atoms with Gasteiger partial charge in [0.25, 0.3) is 0 Å². The van der Waals surface area contributed by atoms with Crippen molar-refractivity contribution in [2.24, 2.45) is 5.73 Å². The van der Waals surface area contributed by atoms with Crippen molar-refractivity contribution in [1.29, 1.82) is 0 Å². The first-order valence-electron chi connectivity index (χ1n) is 5.75. The van der Waals surface area contributed by atoms with E-state index in [-0.39, 0.29) is 0 Å². The third kappa shape index (κ3) is 2.61. The number of nitrogens with zero attached hydrogens (tertiary/aromatic N) is 1. The predicted molar refractivity (Wildman–Crippen MR) is 60.4 cm³/mol. The Hall–Kier alpha value is -0.800. The topological polar surface area (TPSA) is 42.4 Å². The lowest BCUT2D eigenvalue weighted by atomic mass is 9.90. The second kappa shape index (κ2) is 4.81. The molecule has 0 aliphatic heterocycles. The van der Waals surface area contributed by atoms with Crippen LogP contribution in [0.3, 0.4) is 0 Å². The lowest BCUT2D eigenvalue weighted by molar-refractivity contribution is 0.153. The van der Waals surface area contributed by atoms with E-state index in [1.54, 1.807) is 6.26 Å². The van der Waals surface area contributed by atoms with Crippen molar-refractivity contribution < 1.29 is 4.42 Å². The first kappa shape index (κ1) is 10.7. The van der Waals surface area contributed by atoms with E-state index in [0.29, 0.717) is 12.1 Å². The highest BCUT2D eigenvalue weighted by atomic mass is 16.3. The van der Waals surface area contributed by atoms with E-state index < -0.39 is 0 Å². The van der Waals surface area contributed by atoms with Crippen molar-refractivity contribution in [3.8, 4) is 0 Å². The third-order valence-corrected chi connectivity index (χ3v) is 3.33. The summed E-state index contributed by atoms with van der Waals surface area (Å²) in [6.45, 7) is 0.866. The molecule has 0 bridgehead atoms. The summed E-state index contributed by atoms with van der Waals surface area (Å²) < 4.78 is 5.35. The minimum Gasteiger partial charge on any atom is -0.468 e. The van der Waals surface area contributed by atoms with Gasteiger partial charge in [-0.2, -0.15) is 0 Å². The quantitative estimate of drug-likeness (QED) is 0.826. The number of likely N-dealkylation sites (N-methyl/N-ethyl adjacent to an activating group) is 1. The Morgan fingerprint density at radius 2 is 2.27 bits per heavy atom. The van der Waals surface area contributed by atoms with E-state index in [4.69, 9.17) is 10.2 Å². The fourth-order valence-corrected chi connectivity index (χ4v) is 2.45. The number of furan rings is 1. The molecule has 1 heterocycles. The van der Waals surface area contributed by atoms with Gasteiger partial charge >= 0.3 is 0 Å². The molecule has 0 aromatic carbocycles. The molecule has 1 aromatic heterocycles.